The van der Waals surface area contributed by atoms with Gasteiger partial charge in [0.2, 0.25) is 0 Å². The van der Waals surface area contributed by atoms with E-state index in [1.807, 2.05) is 6.92 Å². The Morgan fingerprint density at radius 3 is 2.50 bits per heavy atom. The molecule has 1 aromatic rings. The van der Waals surface area contributed by atoms with Gasteiger partial charge in [-0.15, -0.1) is 24.0 Å². The Morgan fingerprint density at radius 1 is 1.18 bits per heavy atom. The highest BCUT2D eigenvalue weighted by Crippen LogP contribution is 2.11. The van der Waals surface area contributed by atoms with Crippen molar-refractivity contribution in [3.05, 3.63) is 35.1 Å². The quantitative estimate of drug-likeness (QED) is 0.160. The Balaban J connectivity index is 0.00000729. The van der Waals surface area contributed by atoms with Crippen molar-refractivity contribution in [3.8, 4) is 0 Å². The number of guanidine groups is 1. The second-order valence-corrected chi connectivity index (χ2v) is 6.53. The second-order valence-electron chi connectivity index (χ2n) is 6.53. The highest BCUT2D eigenvalue weighted by atomic mass is 127. The summed E-state index contributed by atoms with van der Waals surface area (Å²) in [7, 11) is 0. The number of halogens is 2. The molecule has 0 spiro atoms. The van der Waals surface area contributed by atoms with Crippen LogP contribution < -0.4 is 16.0 Å². The fraction of sp³-hybridized carbons (Fsp3) is 0.600. The molecule has 0 bridgehead atoms. The molecule has 0 radical (unpaired) electrons. The summed E-state index contributed by atoms with van der Waals surface area (Å²) in [6.07, 6.45) is 2.85. The van der Waals surface area contributed by atoms with Crippen LogP contribution in [0.25, 0.3) is 0 Å². The minimum absolute atomic E-state index is 0. The Kier molecular flexibility index (Phi) is 14.7. The third-order valence-electron chi connectivity index (χ3n) is 4.22. The van der Waals surface area contributed by atoms with Gasteiger partial charge in [0.1, 0.15) is 5.82 Å². The summed E-state index contributed by atoms with van der Waals surface area (Å²) in [4.78, 5) is 16.6. The van der Waals surface area contributed by atoms with Crippen molar-refractivity contribution in [2.45, 2.75) is 40.0 Å². The van der Waals surface area contributed by atoms with E-state index in [0.29, 0.717) is 42.6 Å². The Morgan fingerprint density at radius 2 is 1.89 bits per heavy atom. The number of carbonyl (C=O) groups excluding carboxylic acids is 1. The minimum atomic E-state index is -0.383. The average Bonchev–Trinajstić information content (AvgIpc) is 2.65. The maximum absolute atomic E-state index is 13.5. The third kappa shape index (κ3) is 10.2. The summed E-state index contributed by atoms with van der Waals surface area (Å²) in [5.41, 5.74) is 0.826. The molecule has 1 aromatic carbocycles. The maximum atomic E-state index is 13.5. The number of benzene rings is 1. The fourth-order valence-electron chi connectivity index (χ4n) is 2.67. The van der Waals surface area contributed by atoms with Crippen molar-refractivity contribution < 1.29 is 14.3 Å². The van der Waals surface area contributed by atoms with Gasteiger partial charge in [-0.05, 0) is 50.3 Å². The lowest BCUT2D eigenvalue weighted by molar-refractivity contribution is 0.0954. The van der Waals surface area contributed by atoms with E-state index in [0.717, 1.165) is 25.8 Å². The number of rotatable bonds is 11. The Bertz CT molecular complexity index is 608. The molecule has 160 valence electrons. The number of nitrogens with one attached hydrogen (secondary N) is 3. The molecule has 1 atom stereocenters. The van der Waals surface area contributed by atoms with E-state index >= 15 is 0 Å². The van der Waals surface area contributed by atoms with Gasteiger partial charge >= 0.3 is 0 Å². The van der Waals surface area contributed by atoms with Gasteiger partial charge in [-0.1, -0.05) is 19.4 Å². The first-order chi connectivity index (χ1) is 13.0. The van der Waals surface area contributed by atoms with Crippen LogP contribution in [-0.4, -0.2) is 49.8 Å². The maximum Gasteiger partial charge on any atom is 0.251 e. The van der Waals surface area contributed by atoms with Gasteiger partial charge in [-0.25, -0.2) is 4.39 Å². The van der Waals surface area contributed by atoms with Crippen LogP contribution in [0.2, 0.25) is 0 Å². The lowest BCUT2D eigenvalue weighted by Crippen LogP contribution is -2.41. The minimum Gasteiger partial charge on any atom is -0.396 e. The molecule has 1 unspecified atom stereocenters. The van der Waals surface area contributed by atoms with Crippen LogP contribution in [0.3, 0.4) is 0 Å². The van der Waals surface area contributed by atoms with Crippen LogP contribution in [-0.2, 0) is 0 Å². The van der Waals surface area contributed by atoms with Crippen LogP contribution in [0.5, 0.6) is 0 Å². The van der Waals surface area contributed by atoms with Crippen LogP contribution >= 0.6 is 24.0 Å². The van der Waals surface area contributed by atoms with Crippen molar-refractivity contribution in [2.75, 3.05) is 32.8 Å². The monoisotopic (exact) mass is 508 g/mol. The first kappa shape index (κ1) is 26.6. The predicted octanol–water partition coefficient (Wildman–Crippen LogP) is 2.84. The van der Waals surface area contributed by atoms with Gasteiger partial charge in [0, 0.05) is 38.3 Å². The van der Waals surface area contributed by atoms with E-state index in [-0.39, 0.29) is 42.3 Å². The molecule has 0 fully saturated rings. The molecule has 0 heterocycles. The standard InChI is InChI=1S/C20H33FN4O2.HI/c1-4-6-16(9-12-26)14-25-20(22-5-2)24-11-10-23-19(27)17-8-7-15(3)18(21)13-17;/h7-8,13,16,26H,4-6,9-12,14H2,1-3H3,(H,23,27)(H2,22,24,25);1H. The molecule has 0 saturated heterocycles. The summed E-state index contributed by atoms with van der Waals surface area (Å²) in [6.45, 7) is 8.24. The number of nitrogens with zero attached hydrogens (tertiary/aromatic N) is 1. The van der Waals surface area contributed by atoms with Crippen molar-refractivity contribution in [1.82, 2.24) is 16.0 Å². The molecule has 0 aromatic heterocycles. The normalized spacial score (nSPS) is 12.1. The summed E-state index contributed by atoms with van der Waals surface area (Å²) < 4.78 is 13.5. The summed E-state index contributed by atoms with van der Waals surface area (Å²) in [5.74, 6) is 0.370. The van der Waals surface area contributed by atoms with Gasteiger partial charge in [0.25, 0.3) is 5.91 Å². The number of aryl methyl sites for hydroxylation is 1. The van der Waals surface area contributed by atoms with E-state index in [1.54, 1.807) is 19.1 Å². The lowest BCUT2D eigenvalue weighted by atomic mass is 10.0. The van der Waals surface area contributed by atoms with E-state index in [9.17, 15) is 9.18 Å². The zero-order valence-corrected chi connectivity index (χ0v) is 19.4. The van der Waals surface area contributed by atoms with E-state index in [2.05, 4.69) is 27.9 Å². The zero-order valence-electron chi connectivity index (χ0n) is 17.1. The molecular formula is C20H34FIN4O2. The van der Waals surface area contributed by atoms with Crippen LogP contribution in [0, 0.1) is 18.7 Å². The molecular weight excluding hydrogens is 474 g/mol. The molecule has 28 heavy (non-hydrogen) atoms. The van der Waals surface area contributed by atoms with Crippen LogP contribution in [0.1, 0.15) is 49.0 Å². The molecule has 1 amide bonds. The number of hydrogen-bond acceptors (Lipinski definition) is 3. The average molecular weight is 508 g/mol. The van der Waals surface area contributed by atoms with E-state index in [1.165, 1.54) is 6.07 Å². The Labute approximate surface area is 184 Å². The molecule has 4 N–H and O–H groups in total. The summed E-state index contributed by atoms with van der Waals surface area (Å²) in [6, 6.07) is 4.46. The molecule has 0 aliphatic rings. The third-order valence-corrected chi connectivity index (χ3v) is 4.22. The highest BCUT2D eigenvalue weighted by molar-refractivity contribution is 14.0. The number of hydrogen-bond donors (Lipinski definition) is 4. The summed E-state index contributed by atoms with van der Waals surface area (Å²) >= 11 is 0. The first-order valence-corrected chi connectivity index (χ1v) is 9.69. The number of aliphatic hydroxyl groups excluding tert-OH is 1. The molecule has 6 nitrogen and oxygen atoms in total. The number of aliphatic hydroxyl groups is 1. The number of aliphatic imine (C=N–C) groups is 1. The summed E-state index contributed by atoms with van der Waals surface area (Å²) in [5, 5.41) is 18.2. The lowest BCUT2D eigenvalue weighted by Gasteiger charge is -2.15. The van der Waals surface area contributed by atoms with Gasteiger partial charge < -0.3 is 21.1 Å². The highest BCUT2D eigenvalue weighted by Gasteiger charge is 2.09. The van der Waals surface area contributed by atoms with Crippen molar-refractivity contribution in [1.29, 1.82) is 0 Å². The SMILES string of the molecule is CCCC(CCO)CN=C(NCC)NCCNC(=O)c1ccc(C)c(F)c1.I. The smallest absolute Gasteiger partial charge is 0.251 e. The van der Waals surface area contributed by atoms with Gasteiger partial charge in [0.05, 0.1) is 0 Å². The second kappa shape index (κ2) is 15.5. The molecule has 0 aliphatic heterocycles. The Hall–Kier alpha value is -1.42. The van der Waals surface area contributed by atoms with Crippen LogP contribution in [0.15, 0.2) is 23.2 Å². The largest absolute Gasteiger partial charge is 0.396 e. The first-order valence-electron chi connectivity index (χ1n) is 9.69. The molecule has 8 heteroatoms. The van der Waals surface area contributed by atoms with Crippen molar-refractivity contribution in [3.63, 3.8) is 0 Å². The number of amides is 1. The molecule has 1 rings (SSSR count). The fourth-order valence-corrected chi connectivity index (χ4v) is 2.67. The molecule has 0 saturated carbocycles. The van der Waals surface area contributed by atoms with Gasteiger partial charge in [0.15, 0.2) is 5.96 Å². The van der Waals surface area contributed by atoms with Crippen molar-refractivity contribution in [2.24, 2.45) is 10.9 Å². The van der Waals surface area contributed by atoms with Gasteiger partial charge in [-0.2, -0.15) is 0 Å². The topological polar surface area (TPSA) is 85.8 Å². The van der Waals surface area contributed by atoms with Gasteiger partial charge in [-0.3, -0.25) is 9.79 Å². The van der Waals surface area contributed by atoms with E-state index < -0.39 is 0 Å². The van der Waals surface area contributed by atoms with Crippen molar-refractivity contribution >= 4 is 35.8 Å². The van der Waals surface area contributed by atoms with Crippen LogP contribution in [0.4, 0.5) is 4.39 Å². The predicted molar refractivity (Wildman–Crippen MR) is 123 cm³/mol. The number of carbonyl (C=O) groups is 1. The zero-order chi connectivity index (χ0) is 20.1. The molecule has 0 aliphatic carbocycles. The van der Waals surface area contributed by atoms with E-state index in [4.69, 9.17) is 5.11 Å².